The van der Waals surface area contributed by atoms with Gasteiger partial charge in [-0.15, -0.1) is 0 Å². The Morgan fingerprint density at radius 3 is 2.60 bits per heavy atom. The molecule has 0 amide bonds. The third kappa shape index (κ3) is 2.44. The van der Waals surface area contributed by atoms with E-state index in [1.165, 1.54) is 37.2 Å². The standard InChI is InChI=1S/C13H19NO/c1-3-15-13-9-11(2)8-12(10-13)14-6-4-5-7-14/h8-10H,3-7H2,1-2H3. The lowest BCUT2D eigenvalue weighted by atomic mass is 10.2. The Morgan fingerprint density at radius 1 is 1.20 bits per heavy atom. The van der Waals surface area contributed by atoms with Crippen LogP contribution < -0.4 is 9.64 Å². The van der Waals surface area contributed by atoms with Crippen molar-refractivity contribution in [1.82, 2.24) is 0 Å². The van der Waals surface area contributed by atoms with Crippen LogP contribution in [-0.4, -0.2) is 19.7 Å². The number of hydrogen-bond acceptors (Lipinski definition) is 2. The molecule has 1 fully saturated rings. The second-order valence-electron chi connectivity index (χ2n) is 4.13. The number of rotatable bonds is 3. The van der Waals surface area contributed by atoms with Crippen LogP contribution in [0.1, 0.15) is 25.3 Å². The van der Waals surface area contributed by atoms with Crippen molar-refractivity contribution in [3.8, 4) is 5.75 Å². The molecule has 0 unspecified atom stereocenters. The molecule has 0 bridgehead atoms. The van der Waals surface area contributed by atoms with E-state index in [4.69, 9.17) is 4.74 Å². The van der Waals surface area contributed by atoms with Gasteiger partial charge in [-0.1, -0.05) is 0 Å². The maximum atomic E-state index is 5.56. The molecule has 1 aliphatic rings. The molecule has 1 aliphatic heterocycles. The molecule has 1 saturated heterocycles. The summed E-state index contributed by atoms with van der Waals surface area (Å²) < 4.78 is 5.56. The van der Waals surface area contributed by atoms with Crippen molar-refractivity contribution in [2.75, 3.05) is 24.6 Å². The highest BCUT2D eigenvalue weighted by Crippen LogP contribution is 2.26. The molecule has 2 heteroatoms. The smallest absolute Gasteiger partial charge is 0.121 e. The molecule has 0 aromatic heterocycles. The van der Waals surface area contributed by atoms with Crippen molar-refractivity contribution in [3.05, 3.63) is 23.8 Å². The van der Waals surface area contributed by atoms with Gasteiger partial charge in [0, 0.05) is 24.8 Å². The Morgan fingerprint density at radius 2 is 1.93 bits per heavy atom. The van der Waals surface area contributed by atoms with E-state index < -0.39 is 0 Å². The van der Waals surface area contributed by atoms with Gasteiger partial charge in [-0.05, 0) is 44.4 Å². The summed E-state index contributed by atoms with van der Waals surface area (Å²) in [5, 5.41) is 0. The second-order valence-corrected chi connectivity index (χ2v) is 4.13. The number of ether oxygens (including phenoxy) is 1. The fourth-order valence-corrected chi connectivity index (χ4v) is 2.14. The Balaban J connectivity index is 2.22. The molecule has 0 saturated carbocycles. The van der Waals surface area contributed by atoms with E-state index in [1.807, 2.05) is 6.92 Å². The summed E-state index contributed by atoms with van der Waals surface area (Å²) in [5.41, 5.74) is 2.60. The van der Waals surface area contributed by atoms with Gasteiger partial charge >= 0.3 is 0 Å². The lowest BCUT2D eigenvalue weighted by Crippen LogP contribution is -2.17. The first-order valence-electron chi connectivity index (χ1n) is 5.79. The SMILES string of the molecule is CCOc1cc(C)cc(N2CCCC2)c1. The number of benzene rings is 1. The number of aryl methyl sites for hydroxylation is 1. The van der Waals surface area contributed by atoms with E-state index in [2.05, 4.69) is 30.0 Å². The highest BCUT2D eigenvalue weighted by molar-refractivity contribution is 5.53. The average molecular weight is 205 g/mol. The third-order valence-electron chi connectivity index (χ3n) is 2.82. The minimum atomic E-state index is 0.739. The van der Waals surface area contributed by atoms with Crippen LogP contribution >= 0.6 is 0 Å². The largest absolute Gasteiger partial charge is 0.494 e. The van der Waals surface area contributed by atoms with Crippen molar-refractivity contribution in [2.24, 2.45) is 0 Å². The van der Waals surface area contributed by atoms with Crippen LogP contribution in [0.2, 0.25) is 0 Å². The van der Waals surface area contributed by atoms with Crippen LogP contribution in [0.5, 0.6) is 5.75 Å². The Kier molecular flexibility index (Phi) is 3.14. The molecular formula is C13H19NO. The van der Waals surface area contributed by atoms with Gasteiger partial charge in [-0.3, -0.25) is 0 Å². The van der Waals surface area contributed by atoms with Gasteiger partial charge in [0.2, 0.25) is 0 Å². The van der Waals surface area contributed by atoms with Gasteiger partial charge in [0.1, 0.15) is 5.75 Å². The molecule has 1 aromatic rings. The highest BCUT2D eigenvalue weighted by Gasteiger charge is 2.13. The summed E-state index contributed by atoms with van der Waals surface area (Å²) in [7, 11) is 0. The van der Waals surface area contributed by atoms with Crippen molar-refractivity contribution >= 4 is 5.69 Å². The predicted octanol–water partition coefficient (Wildman–Crippen LogP) is 2.99. The van der Waals surface area contributed by atoms with Gasteiger partial charge < -0.3 is 9.64 Å². The zero-order valence-electron chi connectivity index (χ0n) is 9.62. The van der Waals surface area contributed by atoms with Crippen molar-refractivity contribution in [2.45, 2.75) is 26.7 Å². The number of nitrogens with zero attached hydrogens (tertiary/aromatic N) is 1. The van der Waals surface area contributed by atoms with Gasteiger partial charge in [0.05, 0.1) is 6.61 Å². The molecule has 2 rings (SSSR count). The van der Waals surface area contributed by atoms with Crippen molar-refractivity contribution in [3.63, 3.8) is 0 Å². The summed E-state index contributed by atoms with van der Waals surface area (Å²) >= 11 is 0. The average Bonchev–Trinajstić information content (AvgIpc) is 2.70. The molecule has 0 aliphatic carbocycles. The maximum Gasteiger partial charge on any atom is 0.121 e. The van der Waals surface area contributed by atoms with Crippen LogP contribution in [0, 0.1) is 6.92 Å². The van der Waals surface area contributed by atoms with E-state index in [1.54, 1.807) is 0 Å². The monoisotopic (exact) mass is 205 g/mol. The summed E-state index contributed by atoms with van der Waals surface area (Å²) in [4.78, 5) is 2.44. The van der Waals surface area contributed by atoms with Crippen molar-refractivity contribution < 1.29 is 4.74 Å². The second kappa shape index (κ2) is 4.56. The van der Waals surface area contributed by atoms with Crippen LogP contribution in [0.25, 0.3) is 0 Å². The van der Waals surface area contributed by atoms with Crippen molar-refractivity contribution in [1.29, 1.82) is 0 Å². The zero-order chi connectivity index (χ0) is 10.7. The lowest BCUT2D eigenvalue weighted by molar-refractivity contribution is 0.340. The first kappa shape index (κ1) is 10.3. The Hall–Kier alpha value is -1.18. The van der Waals surface area contributed by atoms with Crippen LogP contribution in [0.4, 0.5) is 5.69 Å². The summed E-state index contributed by atoms with van der Waals surface area (Å²) in [6, 6.07) is 6.50. The summed E-state index contributed by atoms with van der Waals surface area (Å²) in [6.07, 6.45) is 2.63. The maximum absolute atomic E-state index is 5.56. The van der Waals surface area contributed by atoms with Crippen LogP contribution in [0.15, 0.2) is 18.2 Å². The minimum absolute atomic E-state index is 0.739. The first-order valence-corrected chi connectivity index (χ1v) is 5.79. The molecule has 15 heavy (non-hydrogen) atoms. The Labute approximate surface area is 91.9 Å². The van der Waals surface area contributed by atoms with Crippen LogP contribution in [-0.2, 0) is 0 Å². The quantitative estimate of drug-likeness (QED) is 0.752. The molecule has 0 radical (unpaired) electrons. The molecule has 0 N–H and O–H groups in total. The molecule has 1 heterocycles. The van der Waals surface area contributed by atoms with E-state index >= 15 is 0 Å². The summed E-state index contributed by atoms with van der Waals surface area (Å²) in [5.74, 6) is 0.999. The number of hydrogen-bond donors (Lipinski definition) is 0. The molecule has 2 nitrogen and oxygen atoms in total. The molecular weight excluding hydrogens is 186 g/mol. The van der Waals surface area contributed by atoms with Gasteiger partial charge in [0.15, 0.2) is 0 Å². The normalized spacial score (nSPS) is 15.7. The fraction of sp³-hybridized carbons (Fsp3) is 0.538. The van der Waals surface area contributed by atoms with E-state index in [-0.39, 0.29) is 0 Å². The molecule has 0 spiro atoms. The molecule has 82 valence electrons. The molecule has 1 aromatic carbocycles. The zero-order valence-corrected chi connectivity index (χ0v) is 9.62. The highest BCUT2D eigenvalue weighted by atomic mass is 16.5. The van der Waals surface area contributed by atoms with Gasteiger partial charge in [0.25, 0.3) is 0 Å². The minimum Gasteiger partial charge on any atom is -0.494 e. The Bertz CT molecular complexity index is 329. The first-order chi connectivity index (χ1) is 7.29. The number of anilines is 1. The van der Waals surface area contributed by atoms with Gasteiger partial charge in [-0.2, -0.15) is 0 Å². The van der Waals surface area contributed by atoms with Gasteiger partial charge in [-0.25, -0.2) is 0 Å². The molecule has 0 atom stereocenters. The van der Waals surface area contributed by atoms with E-state index in [9.17, 15) is 0 Å². The van der Waals surface area contributed by atoms with Crippen LogP contribution in [0.3, 0.4) is 0 Å². The predicted molar refractivity (Wildman–Crippen MR) is 63.8 cm³/mol. The fourth-order valence-electron chi connectivity index (χ4n) is 2.14. The topological polar surface area (TPSA) is 12.5 Å². The lowest BCUT2D eigenvalue weighted by Gasteiger charge is -2.19. The third-order valence-corrected chi connectivity index (χ3v) is 2.82. The van der Waals surface area contributed by atoms with E-state index in [0.717, 1.165) is 12.4 Å². The van der Waals surface area contributed by atoms with E-state index in [0.29, 0.717) is 0 Å². The summed E-state index contributed by atoms with van der Waals surface area (Å²) in [6.45, 7) is 7.27.